The first kappa shape index (κ1) is 26.4. The predicted molar refractivity (Wildman–Crippen MR) is 117 cm³/mol. The van der Waals surface area contributed by atoms with Gasteiger partial charge in [0.1, 0.15) is 5.75 Å². The van der Waals surface area contributed by atoms with Gasteiger partial charge in [-0.05, 0) is 58.3 Å². The Labute approximate surface area is 185 Å². The normalized spacial score (nSPS) is 13.7. The third-order valence-corrected chi connectivity index (χ3v) is 4.75. The van der Waals surface area contributed by atoms with Crippen molar-refractivity contribution in [2.45, 2.75) is 45.4 Å². The Morgan fingerprint density at radius 3 is 1.86 bits per heavy atom. The molecule has 0 fully saturated rings. The molecule has 0 radical (unpaired) electrons. The van der Waals surface area contributed by atoms with Crippen LogP contribution in [0.3, 0.4) is 0 Å². The summed E-state index contributed by atoms with van der Waals surface area (Å²) in [5, 5.41) is 0. The molecule has 0 amide bonds. The summed E-state index contributed by atoms with van der Waals surface area (Å²) >= 11 is -8.87. The van der Waals surface area contributed by atoms with Gasteiger partial charge in [0.05, 0.1) is 6.61 Å². The van der Waals surface area contributed by atoms with E-state index in [1.165, 1.54) is 46.8 Å². The van der Waals surface area contributed by atoms with Gasteiger partial charge in [-0.1, -0.05) is 69.4 Å². The summed E-state index contributed by atoms with van der Waals surface area (Å²) in [6, 6.07) is 16.9. The maximum Gasteiger partial charge on any atom is 1.00 e. The maximum absolute atomic E-state index is 11.2. The minimum Gasteiger partial charge on any atom is 1.00 e. The van der Waals surface area contributed by atoms with Gasteiger partial charge in [-0.15, -0.1) is 0 Å². The van der Waals surface area contributed by atoms with Crippen LogP contribution in [0, 0.1) is 3.57 Å². The van der Waals surface area contributed by atoms with Crippen molar-refractivity contribution in [3.05, 3.63) is 52.1 Å². The van der Waals surface area contributed by atoms with E-state index in [9.17, 15) is 16.9 Å². The van der Waals surface area contributed by atoms with Gasteiger partial charge >= 0.3 is 37.8 Å². The number of hydrogen-bond acceptors (Lipinski definition) is 1. The second-order valence-electron chi connectivity index (χ2n) is 6.58. The summed E-state index contributed by atoms with van der Waals surface area (Å²) in [4.78, 5) is 0. The average molecular weight is 645 g/mol. The molecule has 0 N–H and O–H groups in total. The van der Waals surface area contributed by atoms with Crippen molar-refractivity contribution in [2.24, 2.45) is 0 Å². The van der Waals surface area contributed by atoms with Crippen molar-refractivity contribution in [1.29, 1.82) is 0 Å². The van der Waals surface area contributed by atoms with Crippen molar-refractivity contribution >= 4 is 42.1 Å². The fraction of sp³-hybridized carbons (Fsp3) is 0.400. The molecule has 0 aliphatic heterocycles. The Kier molecular flexibility index (Phi) is 9.65. The SMILES string of the molecule is CCCCCCCCOc1ccc(-c2ccccc2I)cc1.[F][Sb-]([F])([F])([F])([F])[F].[H+]. The molecule has 166 valence electrons. The van der Waals surface area contributed by atoms with Gasteiger partial charge in [0.2, 0.25) is 0 Å². The Morgan fingerprint density at radius 1 is 0.793 bits per heavy atom. The summed E-state index contributed by atoms with van der Waals surface area (Å²) in [6.07, 6.45) is 7.80. The summed E-state index contributed by atoms with van der Waals surface area (Å²) in [5.74, 6) is 0.975. The first-order chi connectivity index (χ1) is 13.3. The molecule has 0 bridgehead atoms. The van der Waals surface area contributed by atoms with Crippen molar-refractivity contribution in [2.75, 3.05) is 6.61 Å². The summed E-state index contributed by atoms with van der Waals surface area (Å²) < 4.78 is 66.7. The van der Waals surface area contributed by atoms with Crippen LogP contribution in [-0.4, -0.2) is 26.1 Å². The molecule has 1 nitrogen and oxygen atoms in total. The van der Waals surface area contributed by atoms with Gasteiger partial charge in [0.25, 0.3) is 0 Å². The van der Waals surface area contributed by atoms with E-state index in [2.05, 4.69) is 78.0 Å². The van der Waals surface area contributed by atoms with Crippen molar-refractivity contribution in [1.82, 2.24) is 0 Å². The number of benzene rings is 2. The third kappa shape index (κ3) is 15.8. The summed E-state index contributed by atoms with van der Waals surface area (Å²) in [5.41, 5.74) is 2.53. The van der Waals surface area contributed by atoms with E-state index in [1.54, 1.807) is 0 Å². The Morgan fingerprint density at radius 2 is 1.31 bits per heavy atom. The van der Waals surface area contributed by atoms with E-state index >= 15 is 0 Å². The quantitative estimate of drug-likeness (QED) is 0.115. The topological polar surface area (TPSA) is 9.23 Å². The van der Waals surface area contributed by atoms with Gasteiger partial charge in [0, 0.05) is 3.57 Å². The van der Waals surface area contributed by atoms with E-state index < -0.39 is 19.5 Å². The van der Waals surface area contributed by atoms with Crippen LogP contribution in [0.4, 0.5) is 16.9 Å². The summed E-state index contributed by atoms with van der Waals surface area (Å²) in [7, 11) is 0. The number of hydrogen-bond donors (Lipinski definition) is 0. The smallest absolute Gasteiger partial charge is 1.00 e. The zero-order chi connectivity index (χ0) is 22.0. The fourth-order valence-corrected chi connectivity index (χ4v) is 3.20. The zero-order valence-electron chi connectivity index (χ0n) is 17.1. The largest absolute Gasteiger partial charge is 1.00 e. The molecule has 0 unspecified atom stereocenters. The van der Waals surface area contributed by atoms with Crippen molar-refractivity contribution in [3.8, 4) is 16.9 Å². The Bertz CT molecular complexity index is 743. The van der Waals surface area contributed by atoms with E-state index in [0.29, 0.717) is 0 Å². The molecule has 0 heterocycles. The van der Waals surface area contributed by atoms with Crippen LogP contribution >= 0.6 is 22.6 Å². The van der Waals surface area contributed by atoms with Crippen LogP contribution < -0.4 is 4.74 Å². The molecule has 9 heteroatoms. The zero-order valence-corrected chi connectivity index (χ0v) is 20.8. The number of ether oxygens (including phenoxy) is 1. The Balaban J connectivity index is 0.000000909. The molecule has 2 aromatic rings. The first-order valence-corrected chi connectivity index (χ1v) is 16.2. The van der Waals surface area contributed by atoms with E-state index in [0.717, 1.165) is 18.8 Å². The molecule has 0 spiro atoms. The van der Waals surface area contributed by atoms with Crippen molar-refractivity contribution in [3.63, 3.8) is 0 Å². The summed E-state index contributed by atoms with van der Waals surface area (Å²) in [6.45, 7) is 3.08. The third-order valence-electron chi connectivity index (χ3n) is 3.81. The molecule has 0 atom stereocenters. The molecular formula is C20H26F6IOSb. The van der Waals surface area contributed by atoms with Gasteiger partial charge in [-0.25, -0.2) is 0 Å². The second-order valence-corrected chi connectivity index (χ2v) is 13.2. The minimum atomic E-state index is -11.2. The number of unbranched alkanes of at least 4 members (excludes halogenated alkanes) is 5. The van der Waals surface area contributed by atoms with Crippen LogP contribution in [0.25, 0.3) is 11.1 Å². The van der Waals surface area contributed by atoms with Gasteiger partial charge in [0.15, 0.2) is 0 Å². The van der Waals surface area contributed by atoms with Crippen molar-refractivity contribution < 1.29 is 23.0 Å². The minimum absolute atomic E-state index is 0. The predicted octanol–water partition coefficient (Wildman–Crippen LogP) is 8.95. The number of halogens is 7. The molecule has 0 aliphatic carbocycles. The molecular weight excluding hydrogens is 619 g/mol. The molecule has 0 aromatic heterocycles. The van der Waals surface area contributed by atoms with Gasteiger partial charge in [-0.2, -0.15) is 0 Å². The number of rotatable bonds is 9. The maximum atomic E-state index is 9.93. The van der Waals surface area contributed by atoms with Crippen LogP contribution in [-0.2, 0) is 0 Å². The van der Waals surface area contributed by atoms with Crippen LogP contribution in [0.1, 0.15) is 46.9 Å². The average Bonchev–Trinajstić information content (AvgIpc) is 2.59. The molecule has 2 aromatic carbocycles. The van der Waals surface area contributed by atoms with E-state index in [4.69, 9.17) is 4.74 Å². The molecule has 2 rings (SSSR count). The standard InChI is InChI=1S/C20H25IO.6FH.Sb/c1-2-3-4-5-6-9-16-22-18-14-12-17(13-15-18)19-10-7-8-11-20(19)21;;;;;;;/h7-8,10-15H,2-6,9,16H2,1H3;6*1H;/q;;;;;;;+5/p-5. The van der Waals surface area contributed by atoms with Gasteiger partial charge < -0.3 is 4.74 Å². The monoisotopic (exact) mass is 644 g/mol. The molecule has 0 saturated heterocycles. The Hall–Kier alpha value is -0.632. The fourth-order valence-electron chi connectivity index (χ4n) is 2.50. The molecule has 29 heavy (non-hydrogen) atoms. The van der Waals surface area contributed by atoms with E-state index in [1.807, 2.05) is 0 Å². The van der Waals surface area contributed by atoms with Crippen LogP contribution in [0.15, 0.2) is 48.5 Å². The van der Waals surface area contributed by atoms with Crippen LogP contribution in [0.5, 0.6) is 5.75 Å². The first-order valence-electron chi connectivity index (χ1n) is 9.30. The second kappa shape index (κ2) is 10.6. The molecule has 0 saturated carbocycles. The molecule has 0 aliphatic rings. The van der Waals surface area contributed by atoms with Gasteiger partial charge in [-0.3, -0.25) is 0 Å². The van der Waals surface area contributed by atoms with Crippen LogP contribution in [0.2, 0.25) is 0 Å². The van der Waals surface area contributed by atoms with E-state index in [-0.39, 0.29) is 1.43 Å².